The van der Waals surface area contributed by atoms with Gasteiger partial charge in [0.05, 0.1) is 24.6 Å². The summed E-state index contributed by atoms with van der Waals surface area (Å²) in [6, 6.07) is 1.15. The predicted molar refractivity (Wildman–Crippen MR) is 191 cm³/mol. The summed E-state index contributed by atoms with van der Waals surface area (Å²) in [5.74, 6) is -8.98. The first-order chi connectivity index (χ1) is 25.9. The molecule has 0 unspecified atom stereocenters. The number of ketones is 2. The number of rotatable bonds is 6. The van der Waals surface area contributed by atoms with Gasteiger partial charge in [0.2, 0.25) is 6.23 Å². The van der Waals surface area contributed by atoms with Crippen LogP contribution in [-0.4, -0.2) is 107 Å². The molecule has 22 heteroatoms. The predicted octanol–water partition coefficient (Wildman–Crippen LogP) is -1.41. The molecule has 0 amide bonds. The van der Waals surface area contributed by atoms with E-state index in [0.717, 1.165) is 12.3 Å². The molecule has 0 spiro atoms. The smallest absolute Gasteiger partial charge is 0.549 e. The molecule has 13 N–H and O–H groups in total. The molecule has 334 valence electrons. The molecule has 0 radical (unpaired) electrons. The molecule has 7 rings (SSSR count). The molecule has 6 aliphatic rings. The van der Waals surface area contributed by atoms with Gasteiger partial charge in [0.1, 0.15) is 24.1 Å². The molecule has 0 bridgehead atoms. The summed E-state index contributed by atoms with van der Waals surface area (Å²) in [4.78, 5) is 59.5. The van der Waals surface area contributed by atoms with Crippen LogP contribution in [0.3, 0.4) is 0 Å². The fourth-order valence-corrected chi connectivity index (χ4v) is 10.0. The van der Waals surface area contributed by atoms with Crippen molar-refractivity contribution in [2.24, 2.45) is 34.0 Å². The zero-order valence-electron chi connectivity index (χ0n) is 32.6. The summed E-state index contributed by atoms with van der Waals surface area (Å²) in [7, 11) is 0. The number of aromatic nitrogens is 2. The third kappa shape index (κ3) is 7.75. The topological polar surface area (TPSA) is 356 Å². The van der Waals surface area contributed by atoms with E-state index >= 15 is 4.39 Å². The molecule has 0 aromatic carbocycles. The standard InChI is InChI=1S/C22H29FO5.C9H11F2N3O4.C6H8O4.2H3N.Pt/c1-12-8-16-15-5-4-13-9-14(25)6-7-19(13,2)21(15,23)17(26)10-20(16,3)22(12,28)18(27)11-24;10-9(11)6(16)4(3-15)18-7(9)14-2-1-5(12)13-8(14)17;7-4(8)6(5(9)10)2-1-3-6;;;/h6-7,9,12,15-17,24,26,28H,4-5,8,10-11H2,1-3H3;1-2,4,6-7,15-16H,3H2,(H2,12,13,17);1-3H2,(H,7,8)(H,9,10);2*1H3;/q;;;;;+2/p-2/t12-,15+,16+,17+,19+,20+,21+,22+;4-,6-,7-;;;;/m11..../s1. The number of hydrogen-bond acceptors (Lipinski definition) is 17. The second-order valence-electron chi connectivity index (χ2n) is 16.1. The number of alkyl halides is 3. The maximum atomic E-state index is 16.9. The van der Waals surface area contributed by atoms with Crippen molar-refractivity contribution < 1.29 is 93.9 Å². The Morgan fingerprint density at radius 3 is 2.10 bits per heavy atom. The summed E-state index contributed by atoms with van der Waals surface area (Å²) < 4.78 is 49.6. The number of nitrogens with two attached hydrogens (primary N) is 1. The van der Waals surface area contributed by atoms with E-state index in [1.165, 1.54) is 12.2 Å². The number of fused-ring (bicyclic) bond motifs is 5. The van der Waals surface area contributed by atoms with Gasteiger partial charge in [-0.15, -0.1) is 0 Å². The van der Waals surface area contributed by atoms with E-state index in [4.69, 9.17) is 15.6 Å². The minimum Gasteiger partial charge on any atom is -0.549 e. The summed E-state index contributed by atoms with van der Waals surface area (Å²) in [6.45, 7) is 3.69. The normalized spacial score (nSPS) is 37.8. The number of carboxylic acid groups (broad SMARTS) is 2. The first kappa shape index (κ1) is 51.7. The van der Waals surface area contributed by atoms with E-state index in [1.807, 2.05) is 0 Å². The Morgan fingerprint density at radius 1 is 1.05 bits per heavy atom. The SMILES string of the molecule is C[C@@H]1C[C@H]2[C@@H]3CCC4=CC(=O)C=C[C@]4(C)[C@@]3(F)[C@@H](O)C[C@]2(C)[C@@]1(O)C(=O)CO.N.N.Nc1ccn([C@@H]2O[C@H](CO)[C@@H](O)C2(F)F)c(=O)n1.O=C([O-])C1(C(=O)[O-])CCC1.[Pt+2]. The van der Waals surface area contributed by atoms with Crippen molar-refractivity contribution in [2.75, 3.05) is 18.9 Å². The second kappa shape index (κ2) is 17.9. The average molecular weight is 1030 g/mol. The first-order valence-electron chi connectivity index (χ1n) is 18.2. The summed E-state index contributed by atoms with van der Waals surface area (Å²) >= 11 is 0. The van der Waals surface area contributed by atoms with Gasteiger partial charge in [0.15, 0.2) is 23.3 Å². The number of carboxylic acids is 2. The van der Waals surface area contributed by atoms with E-state index in [2.05, 4.69) is 4.98 Å². The van der Waals surface area contributed by atoms with Crippen LogP contribution in [0.5, 0.6) is 0 Å². The monoisotopic (exact) mass is 1030 g/mol. The number of aliphatic hydroxyl groups excluding tert-OH is 4. The van der Waals surface area contributed by atoms with Gasteiger partial charge < -0.3 is 68.1 Å². The van der Waals surface area contributed by atoms with Gasteiger partial charge in [-0.3, -0.25) is 14.2 Å². The van der Waals surface area contributed by atoms with Gasteiger partial charge >= 0.3 is 32.7 Å². The summed E-state index contributed by atoms with van der Waals surface area (Å²) in [5.41, 5.74) is -2.63. The molecule has 5 aliphatic carbocycles. The van der Waals surface area contributed by atoms with Gasteiger partial charge in [-0.1, -0.05) is 31.9 Å². The van der Waals surface area contributed by atoms with Crippen molar-refractivity contribution in [3.05, 3.63) is 46.5 Å². The minimum atomic E-state index is -3.71. The van der Waals surface area contributed by atoms with E-state index in [0.29, 0.717) is 35.8 Å². The van der Waals surface area contributed by atoms with E-state index in [-0.39, 0.29) is 70.1 Å². The number of nitrogen functional groups attached to an aromatic ring is 1. The van der Waals surface area contributed by atoms with Crippen LogP contribution < -0.4 is 33.9 Å². The Bertz CT molecular complexity index is 1880. The third-order valence-corrected chi connectivity index (χ3v) is 13.4. The number of anilines is 1. The molecule has 1 aliphatic heterocycles. The first-order valence-corrected chi connectivity index (χ1v) is 18.2. The van der Waals surface area contributed by atoms with Gasteiger partial charge in [-0.2, -0.15) is 13.8 Å². The van der Waals surface area contributed by atoms with Gasteiger partial charge in [0, 0.05) is 28.4 Å². The molecule has 1 saturated heterocycles. The number of ether oxygens (including phenoxy) is 1. The molecule has 4 saturated carbocycles. The molecule has 18 nitrogen and oxygen atoms in total. The van der Waals surface area contributed by atoms with Crippen LogP contribution in [0.2, 0.25) is 0 Å². The van der Waals surface area contributed by atoms with Crippen LogP contribution in [0.25, 0.3) is 0 Å². The molecule has 5 fully saturated rings. The molecule has 11 atom stereocenters. The van der Waals surface area contributed by atoms with Crippen LogP contribution in [0.15, 0.2) is 40.9 Å². The van der Waals surface area contributed by atoms with Crippen LogP contribution >= 0.6 is 0 Å². The minimum absolute atomic E-state index is 0. The quantitative estimate of drug-likeness (QED) is 0.152. The zero-order valence-corrected chi connectivity index (χ0v) is 34.9. The molecular weight excluding hydrogens is 975 g/mol. The van der Waals surface area contributed by atoms with E-state index in [1.54, 1.807) is 26.8 Å². The Hall–Kier alpha value is -3.40. The van der Waals surface area contributed by atoms with Crippen LogP contribution in [0.4, 0.5) is 19.0 Å². The maximum Gasteiger partial charge on any atom is 2.00 e. The van der Waals surface area contributed by atoms with E-state index in [9.17, 15) is 63.4 Å². The maximum absolute atomic E-state index is 16.9. The second-order valence-corrected chi connectivity index (χ2v) is 16.1. The number of halogens is 3. The zero-order chi connectivity index (χ0) is 42.0. The number of aliphatic carboxylic acids is 2. The molecule has 59 heavy (non-hydrogen) atoms. The number of nitrogens with zero attached hydrogens (tertiary/aromatic N) is 2. The van der Waals surface area contributed by atoms with Gasteiger partial charge in [-0.05, 0) is 75.5 Å². The fourth-order valence-electron chi connectivity index (χ4n) is 10.0. The summed E-state index contributed by atoms with van der Waals surface area (Å²) in [5, 5.41) is 70.5. The van der Waals surface area contributed by atoms with Crippen molar-refractivity contribution in [2.45, 2.75) is 107 Å². The number of allylic oxidation sites excluding steroid dienone is 4. The number of aliphatic hydroxyl groups is 5. The van der Waals surface area contributed by atoms with Gasteiger partial charge in [0.25, 0.3) is 0 Å². The van der Waals surface area contributed by atoms with Crippen molar-refractivity contribution in [1.29, 1.82) is 0 Å². The van der Waals surface area contributed by atoms with Crippen molar-refractivity contribution in [1.82, 2.24) is 21.9 Å². The number of hydrogen-bond donors (Lipinski definition) is 8. The Labute approximate surface area is 351 Å². The van der Waals surface area contributed by atoms with Crippen molar-refractivity contribution in [3.8, 4) is 0 Å². The van der Waals surface area contributed by atoms with E-state index < -0.39 is 106 Å². The van der Waals surface area contributed by atoms with Crippen LogP contribution in [-0.2, 0) is 45.0 Å². The van der Waals surface area contributed by atoms with Crippen molar-refractivity contribution in [3.63, 3.8) is 0 Å². The molecule has 1 aromatic heterocycles. The number of carbonyl (C=O) groups is 4. The van der Waals surface area contributed by atoms with Crippen LogP contribution in [0, 0.1) is 34.0 Å². The van der Waals surface area contributed by atoms with Crippen molar-refractivity contribution >= 4 is 29.3 Å². The number of carbonyl (C=O) groups excluding carboxylic acids is 4. The van der Waals surface area contributed by atoms with Crippen LogP contribution in [0.1, 0.15) is 71.9 Å². The van der Waals surface area contributed by atoms with Gasteiger partial charge in [-0.25, -0.2) is 9.18 Å². The Morgan fingerprint density at radius 2 is 1.64 bits per heavy atom. The Kier molecular flexibility index (Phi) is 15.7. The number of Topliss-reactive ketones (excluding diaryl/α,β-unsaturated/α-hetero) is 1. The third-order valence-electron chi connectivity index (χ3n) is 13.4. The Balaban J connectivity index is 0.000000333. The largest absolute Gasteiger partial charge is 2.00 e. The summed E-state index contributed by atoms with van der Waals surface area (Å²) in [6.07, 6.45) is 0.679. The average Bonchev–Trinajstić information content (AvgIpc) is 3.45. The fraction of sp³-hybridized carbons (Fsp3) is 0.676. The molecular formula is C37H52F3N5O13Pt. The molecule has 2 heterocycles. The molecule has 1 aromatic rings.